The van der Waals surface area contributed by atoms with Crippen molar-refractivity contribution in [1.29, 1.82) is 5.41 Å². The Morgan fingerprint density at radius 3 is 2.74 bits per heavy atom. The summed E-state index contributed by atoms with van der Waals surface area (Å²) in [6.45, 7) is 10.5. The number of benzene rings is 1. The maximum Gasteiger partial charge on any atom is 0.101 e. The van der Waals surface area contributed by atoms with Crippen molar-refractivity contribution in [2.24, 2.45) is 5.92 Å². The zero-order chi connectivity index (χ0) is 35.6. The van der Waals surface area contributed by atoms with E-state index in [1.807, 2.05) is 25.3 Å². The molecule has 0 radical (unpaired) electrons. The number of unbranched alkanes of at least 4 members (excludes halogenated alkanes) is 1. The van der Waals surface area contributed by atoms with Crippen LogP contribution in [-0.4, -0.2) is 42.7 Å². The van der Waals surface area contributed by atoms with E-state index in [0.29, 0.717) is 42.7 Å². The largest absolute Gasteiger partial charge is 0.391 e. The SMILES string of the molecule is C/C=C(\C)c1c2ccc(Cl)c1-c1c(n[nH]c1C)C(COCCCC)CCC(=N)/C=C(\NC)CCC1C=C(CCCCN2)C2=C(C=C(F)CC2)C1. The van der Waals surface area contributed by atoms with Crippen molar-refractivity contribution in [3.05, 3.63) is 86.7 Å². The summed E-state index contributed by atoms with van der Waals surface area (Å²) in [6.07, 6.45) is 18.9. The number of H-pyrrole nitrogens is 1. The predicted octanol–water partition coefficient (Wildman–Crippen LogP) is 11.5. The van der Waals surface area contributed by atoms with Gasteiger partial charge >= 0.3 is 0 Å². The maximum atomic E-state index is 14.5. The lowest BCUT2D eigenvalue weighted by Crippen LogP contribution is -2.15. The van der Waals surface area contributed by atoms with E-state index in [1.165, 1.54) is 16.7 Å². The second-order valence-electron chi connectivity index (χ2n) is 14.2. The number of allylic oxidation sites excluding steroid dienone is 10. The van der Waals surface area contributed by atoms with E-state index in [-0.39, 0.29) is 11.7 Å². The number of rotatable bonds is 7. The fourth-order valence-electron chi connectivity index (χ4n) is 7.69. The van der Waals surface area contributed by atoms with Gasteiger partial charge in [0.2, 0.25) is 0 Å². The third-order valence-electron chi connectivity index (χ3n) is 10.6. The minimum atomic E-state index is -0.0173. The van der Waals surface area contributed by atoms with Crippen LogP contribution < -0.4 is 10.6 Å². The highest BCUT2D eigenvalue weighted by atomic mass is 35.5. The van der Waals surface area contributed by atoms with E-state index in [0.717, 1.165) is 116 Å². The van der Waals surface area contributed by atoms with Gasteiger partial charge in [-0.05, 0) is 137 Å². The second kappa shape index (κ2) is 18.2. The van der Waals surface area contributed by atoms with E-state index < -0.39 is 0 Å². The number of ether oxygens (including phenoxy) is 1. The zero-order valence-corrected chi connectivity index (χ0v) is 31.6. The molecule has 2 aromatic rings. The Labute approximate surface area is 304 Å². The minimum absolute atomic E-state index is 0.00929. The highest BCUT2D eigenvalue weighted by Gasteiger charge is 2.28. The number of hydrogen-bond donors (Lipinski definition) is 4. The lowest BCUT2D eigenvalue weighted by Gasteiger charge is -2.29. The third kappa shape index (κ3) is 9.27. The number of fused-ring (bicyclic) bond motifs is 6. The normalized spacial score (nSPS) is 22.3. The molecular formula is C42H57ClFN5O. The Morgan fingerprint density at radius 1 is 1.12 bits per heavy atom. The van der Waals surface area contributed by atoms with Crippen LogP contribution in [0.1, 0.15) is 121 Å². The van der Waals surface area contributed by atoms with E-state index in [2.05, 4.69) is 61.6 Å². The van der Waals surface area contributed by atoms with Crippen LogP contribution in [0.15, 0.2) is 64.7 Å². The molecule has 2 atom stereocenters. The Hall–Kier alpha value is -3.42. The standard InChI is InChI=1S/C42H57ClFN5O/c1-6-8-21-50-26-31-13-15-34(45)25-35(46-5)16-12-29-22-30(36-17-14-33(44)24-32(36)23-29)11-9-10-20-47-38-19-18-37(43)41(39(38)27(3)7-2)40-28(4)48-49-42(31)40/h7,18-19,22,24-25,29,31,45-47H,6,8-17,20-21,23,26H2,1-5H3,(H,48,49)/b27-7+,35-25-,45-34?. The predicted molar refractivity (Wildman–Crippen MR) is 209 cm³/mol. The first-order chi connectivity index (χ1) is 24.2. The summed E-state index contributed by atoms with van der Waals surface area (Å²) in [5, 5.41) is 25.1. The van der Waals surface area contributed by atoms with Gasteiger partial charge in [0.1, 0.15) is 5.83 Å². The fourth-order valence-corrected chi connectivity index (χ4v) is 7.94. The number of halogens is 2. The summed E-state index contributed by atoms with van der Waals surface area (Å²) in [4.78, 5) is 0. The molecule has 4 bridgehead atoms. The Bertz CT molecular complexity index is 1680. The molecule has 0 spiro atoms. The van der Waals surface area contributed by atoms with Crippen LogP contribution in [0.2, 0.25) is 5.02 Å². The van der Waals surface area contributed by atoms with Crippen LogP contribution in [-0.2, 0) is 4.74 Å². The number of anilines is 1. The molecule has 0 saturated carbocycles. The van der Waals surface area contributed by atoms with Crippen molar-refractivity contribution in [3.63, 3.8) is 0 Å². The molecule has 0 amide bonds. The van der Waals surface area contributed by atoms with Crippen LogP contribution >= 0.6 is 11.6 Å². The molecular weight excluding hydrogens is 645 g/mol. The summed E-state index contributed by atoms with van der Waals surface area (Å²) in [6, 6.07) is 4.10. The Morgan fingerprint density at radius 2 is 1.96 bits per heavy atom. The number of nitrogens with one attached hydrogen (secondary N) is 4. The molecule has 1 aliphatic heterocycles. The van der Waals surface area contributed by atoms with Gasteiger partial charge in [0.25, 0.3) is 0 Å². The van der Waals surface area contributed by atoms with Gasteiger partial charge in [0, 0.05) is 77.0 Å². The topological polar surface area (TPSA) is 85.8 Å². The molecule has 2 unspecified atom stereocenters. The van der Waals surface area contributed by atoms with Crippen molar-refractivity contribution in [2.45, 2.75) is 111 Å². The second-order valence-corrected chi connectivity index (χ2v) is 14.6. The average molecular weight is 702 g/mol. The number of aromatic amines is 1. The summed E-state index contributed by atoms with van der Waals surface area (Å²) < 4.78 is 20.7. The van der Waals surface area contributed by atoms with Gasteiger partial charge in [0.15, 0.2) is 0 Å². The highest BCUT2D eigenvalue weighted by Crippen LogP contribution is 2.45. The van der Waals surface area contributed by atoms with E-state index in [4.69, 9.17) is 26.8 Å². The first kappa shape index (κ1) is 37.8. The molecule has 0 saturated heterocycles. The Kier molecular flexibility index (Phi) is 13.8. The quantitative estimate of drug-likeness (QED) is 0.216. The summed E-state index contributed by atoms with van der Waals surface area (Å²) in [5.74, 6) is 0.347. The van der Waals surface area contributed by atoms with Crippen molar-refractivity contribution in [2.75, 3.05) is 32.1 Å². The molecule has 50 heavy (non-hydrogen) atoms. The molecule has 5 rings (SSSR count). The van der Waals surface area contributed by atoms with Gasteiger partial charge in [-0.3, -0.25) is 5.10 Å². The molecule has 6 nitrogen and oxygen atoms in total. The van der Waals surface area contributed by atoms with Gasteiger partial charge in [-0.2, -0.15) is 5.10 Å². The Balaban J connectivity index is 1.54. The van der Waals surface area contributed by atoms with E-state index in [9.17, 15) is 4.39 Å². The molecule has 8 heteroatoms. The van der Waals surface area contributed by atoms with Crippen molar-refractivity contribution in [3.8, 4) is 11.1 Å². The van der Waals surface area contributed by atoms with Gasteiger partial charge in [-0.25, -0.2) is 4.39 Å². The zero-order valence-electron chi connectivity index (χ0n) is 30.8. The first-order valence-corrected chi connectivity index (χ1v) is 19.2. The maximum absolute atomic E-state index is 14.5. The molecule has 3 aliphatic rings. The van der Waals surface area contributed by atoms with Crippen molar-refractivity contribution < 1.29 is 9.13 Å². The molecule has 1 aromatic heterocycles. The van der Waals surface area contributed by atoms with E-state index in [1.54, 1.807) is 0 Å². The van der Waals surface area contributed by atoms with Gasteiger partial charge < -0.3 is 20.8 Å². The van der Waals surface area contributed by atoms with Crippen LogP contribution in [0.3, 0.4) is 0 Å². The number of aryl methyl sites for hydroxylation is 1. The van der Waals surface area contributed by atoms with Crippen LogP contribution in [0, 0.1) is 18.3 Å². The minimum Gasteiger partial charge on any atom is -0.391 e. The third-order valence-corrected chi connectivity index (χ3v) is 10.9. The molecule has 2 aliphatic carbocycles. The van der Waals surface area contributed by atoms with E-state index >= 15 is 0 Å². The van der Waals surface area contributed by atoms with Crippen LogP contribution in [0.5, 0.6) is 0 Å². The molecule has 4 N–H and O–H groups in total. The summed E-state index contributed by atoms with van der Waals surface area (Å²) >= 11 is 7.13. The average Bonchev–Trinajstić information content (AvgIpc) is 3.48. The molecule has 0 fully saturated rings. The number of aromatic nitrogens is 2. The number of hydrogen-bond acceptors (Lipinski definition) is 5. The van der Waals surface area contributed by atoms with Gasteiger partial charge in [0.05, 0.1) is 12.3 Å². The summed E-state index contributed by atoms with van der Waals surface area (Å²) in [5.41, 5.74) is 12.9. The number of nitrogens with zero attached hydrogens (tertiary/aromatic N) is 1. The highest BCUT2D eigenvalue weighted by molar-refractivity contribution is 6.34. The summed E-state index contributed by atoms with van der Waals surface area (Å²) in [7, 11) is 1.95. The lowest BCUT2D eigenvalue weighted by atomic mass is 9.77. The molecule has 2 heterocycles. The van der Waals surface area contributed by atoms with Gasteiger partial charge in [-0.1, -0.05) is 37.1 Å². The van der Waals surface area contributed by atoms with Crippen LogP contribution in [0.4, 0.5) is 10.1 Å². The lowest BCUT2D eigenvalue weighted by molar-refractivity contribution is 0.114. The monoisotopic (exact) mass is 701 g/mol. The molecule has 270 valence electrons. The van der Waals surface area contributed by atoms with Crippen molar-refractivity contribution >= 4 is 28.6 Å². The molecule has 1 aromatic carbocycles. The van der Waals surface area contributed by atoms with Gasteiger partial charge in [-0.15, -0.1) is 0 Å². The smallest absolute Gasteiger partial charge is 0.101 e. The first-order valence-electron chi connectivity index (χ1n) is 18.8. The fraction of sp³-hybridized carbons (Fsp3) is 0.524. The van der Waals surface area contributed by atoms with Crippen molar-refractivity contribution in [1.82, 2.24) is 15.5 Å². The van der Waals surface area contributed by atoms with Crippen LogP contribution in [0.25, 0.3) is 16.7 Å².